The highest BCUT2D eigenvalue weighted by atomic mass is 32.3. The molecule has 0 unspecified atom stereocenters. The van der Waals surface area contributed by atoms with E-state index in [4.69, 9.17) is 14.6 Å². The van der Waals surface area contributed by atoms with Crippen molar-refractivity contribution in [2.75, 3.05) is 19.8 Å². The van der Waals surface area contributed by atoms with Crippen molar-refractivity contribution in [3.05, 3.63) is 11.6 Å². The normalized spacial score (nSPS) is 20.9. The second kappa shape index (κ2) is 8.35. The third kappa shape index (κ3) is 4.64. The van der Waals surface area contributed by atoms with Crippen LogP contribution in [0.15, 0.2) is 14.5 Å². The fraction of sp³-hybridized carbons (Fsp3) is 0.600. The first kappa shape index (κ1) is 22.6. The molecule has 0 spiro atoms. The van der Waals surface area contributed by atoms with Crippen molar-refractivity contribution in [3.63, 3.8) is 0 Å². The average Bonchev–Trinajstić information content (AvgIpc) is 3.04. The van der Waals surface area contributed by atoms with Crippen LogP contribution in [0.25, 0.3) is 0 Å². The summed E-state index contributed by atoms with van der Waals surface area (Å²) in [6, 6.07) is 0.518. The molecule has 0 radical (unpaired) electrons. The second-order valence-electron chi connectivity index (χ2n) is 6.20. The summed E-state index contributed by atoms with van der Waals surface area (Å²) in [6.45, 7) is 4.35. The number of carbonyl (C=O) groups is 2. The van der Waals surface area contributed by atoms with Gasteiger partial charge in [0.25, 0.3) is 0 Å². The molecule has 28 heavy (non-hydrogen) atoms. The lowest BCUT2D eigenvalue weighted by atomic mass is 10.0. The Balaban J connectivity index is 2.35. The summed E-state index contributed by atoms with van der Waals surface area (Å²) in [6.07, 6.45) is -0.635. The van der Waals surface area contributed by atoms with Crippen molar-refractivity contribution in [1.82, 2.24) is 4.90 Å². The molecule has 1 amide bonds. The van der Waals surface area contributed by atoms with E-state index >= 15 is 0 Å². The van der Waals surface area contributed by atoms with Crippen LogP contribution in [0.3, 0.4) is 0 Å². The number of thiophene rings is 1. The van der Waals surface area contributed by atoms with E-state index in [1.54, 1.807) is 6.92 Å². The standard InChI is InChI=1S/C15H22N2O8S3/c1-4-17(15(19)25-6-5-24-10(3)18)12-7-9(2)27(20,21)14-11(12)8-13(26-14)28(16,22)23/h8-9,12H,4-7H2,1-3H3,(H2,16,22,23)/t9-,12-/m0/s1. The van der Waals surface area contributed by atoms with Crippen LogP contribution in [0.1, 0.15) is 38.8 Å². The van der Waals surface area contributed by atoms with Crippen LogP contribution in [0.2, 0.25) is 0 Å². The molecule has 0 fully saturated rings. The van der Waals surface area contributed by atoms with E-state index in [9.17, 15) is 26.4 Å². The Hall–Kier alpha value is -1.70. The van der Waals surface area contributed by atoms with E-state index in [0.29, 0.717) is 11.3 Å². The molecule has 2 rings (SSSR count). The third-order valence-electron chi connectivity index (χ3n) is 4.25. The molecule has 0 aliphatic carbocycles. The lowest BCUT2D eigenvalue weighted by Crippen LogP contribution is -2.40. The highest BCUT2D eigenvalue weighted by Gasteiger charge is 2.42. The molecular weight excluding hydrogens is 432 g/mol. The van der Waals surface area contributed by atoms with E-state index in [-0.39, 0.29) is 40.2 Å². The maximum Gasteiger partial charge on any atom is 0.410 e. The van der Waals surface area contributed by atoms with E-state index in [0.717, 1.165) is 0 Å². The van der Waals surface area contributed by atoms with Gasteiger partial charge in [-0.05, 0) is 26.3 Å². The Kier molecular flexibility index (Phi) is 6.74. The van der Waals surface area contributed by atoms with Gasteiger partial charge >= 0.3 is 12.1 Å². The van der Waals surface area contributed by atoms with Gasteiger partial charge in [-0.2, -0.15) is 0 Å². The topological polar surface area (TPSA) is 150 Å². The summed E-state index contributed by atoms with van der Waals surface area (Å²) in [5.74, 6) is -0.506. The first-order chi connectivity index (χ1) is 12.9. The number of esters is 1. The number of hydrogen-bond acceptors (Lipinski definition) is 9. The fourth-order valence-electron chi connectivity index (χ4n) is 2.88. The van der Waals surface area contributed by atoms with Gasteiger partial charge in [0.05, 0.1) is 11.3 Å². The quantitative estimate of drug-likeness (QED) is 0.494. The highest BCUT2D eigenvalue weighted by Crippen LogP contribution is 2.45. The summed E-state index contributed by atoms with van der Waals surface area (Å²) in [5.41, 5.74) is 0.214. The molecule has 0 saturated heterocycles. The van der Waals surface area contributed by atoms with E-state index < -0.39 is 43.2 Å². The smallest absolute Gasteiger partial charge is 0.410 e. The lowest BCUT2D eigenvalue weighted by Gasteiger charge is -2.35. The Morgan fingerprint density at radius 3 is 2.46 bits per heavy atom. The maximum absolute atomic E-state index is 12.6. The molecule has 1 aromatic rings. The number of nitrogens with zero attached hydrogens (tertiary/aromatic N) is 1. The summed E-state index contributed by atoms with van der Waals surface area (Å²) in [4.78, 5) is 24.5. The first-order valence-electron chi connectivity index (χ1n) is 8.36. The molecule has 0 aromatic carbocycles. The number of ether oxygens (including phenoxy) is 2. The molecule has 2 N–H and O–H groups in total. The number of sulfone groups is 1. The molecule has 1 aromatic heterocycles. The van der Waals surface area contributed by atoms with Gasteiger partial charge in [0.15, 0.2) is 9.84 Å². The number of amides is 1. The maximum atomic E-state index is 12.6. The third-order valence-corrected chi connectivity index (χ3v) is 9.57. The zero-order valence-corrected chi connectivity index (χ0v) is 18.0. The summed E-state index contributed by atoms with van der Waals surface area (Å²) < 4.78 is 58.1. The Labute approximate surface area is 167 Å². The number of sulfonamides is 1. The van der Waals surface area contributed by atoms with Gasteiger partial charge < -0.3 is 14.4 Å². The van der Waals surface area contributed by atoms with Crippen molar-refractivity contribution in [2.45, 2.75) is 46.9 Å². The van der Waals surface area contributed by atoms with Crippen LogP contribution >= 0.6 is 11.3 Å². The fourth-order valence-corrected chi connectivity index (χ4v) is 7.28. The number of carbonyl (C=O) groups excluding carboxylic acids is 2. The Bertz CT molecular complexity index is 967. The molecule has 13 heteroatoms. The number of hydrogen-bond donors (Lipinski definition) is 1. The molecular formula is C15H22N2O8S3. The Morgan fingerprint density at radius 2 is 1.93 bits per heavy atom. The summed E-state index contributed by atoms with van der Waals surface area (Å²) in [5, 5.41) is 4.33. The van der Waals surface area contributed by atoms with E-state index in [2.05, 4.69) is 0 Å². The summed E-state index contributed by atoms with van der Waals surface area (Å²) >= 11 is 0.584. The van der Waals surface area contributed by atoms with Crippen molar-refractivity contribution in [1.29, 1.82) is 0 Å². The lowest BCUT2D eigenvalue weighted by molar-refractivity contribution is -0.142. The second-order valence-corrected chi connectivity index (χ2v) is 11.6. The van der Waals surface area contributed by atoms with Crippen molar-refractivity contribution < 1.29 is 35.9 Å². The van der Waals surface area contributed by atoms with Gasteiger partial charge in [-0.15, -0.1) is 11.3 Å². The highest BCUT2D eigenvalue weighted by molar-refractivity contribution is 7.95. The molecule has 0 saturated carbocycles. The summed E-state index contributed by atoms with van der Waals surface area (Å²) in [7, 11) is -7.82. The molecule has 1 aliphatic heterocycles. The molecule has 10 nitrogen and oxygen atoms in total. The molecule has 0 bridgehead atoms. The minimum Gasteiger partial charge on any atom is -0.462 e. The van der Waals surface area contributed by atoms with Crippen LogP contribution in [0.4, 0.5) is 4.79 Å². The van der Waals surface area contributed by atoms with Gasteiger partial charge in [-0.25, -0.2) is 26.8 Å². The van der Waals surface area contributed by atoms with E-state index in [1.807, 2.05) is 0 Å². The van der Waals surface area contributed by atoms with Gasteiger partial charge in [-0.3, -0.25) is 4.79 Å². The predicted octanol–water partition coefficient (Wildman–Crippen LogP) is 1.02. The molecule has 2 atom stereocenters. The number of primary sulfonamides is 1. The molecule has 158 valence electrons. The zero-order chi connectivity index (χ0) is 21.3. The van der Waals surface area contributed by atoms with Crippen molar-refractivity contribution >= 4 is 43.3 Å². The molecule has 2 heterocycles. The minimum absolute atomic E-state index is 0.0863. The largest absolute Gasteiger partial charge is 0.462 e. The SMILES string of the molecule is CCN(C(=O)OCCOC(C)=O)[C@H]1C[C@H](C)S(=O)(=O)c2sc(S(N)(=O)=O)cc21. The van der Waals surface area contributed by atoms with Gasteiger partial charge in [-0.1, -0.05) is 0 Å². The monoisotopic (exact) mass is 454 g/mol. The minimum atomic E-state index is -4.10. The van der Waals surface area contributed by atoms with Gasteiger partial charge in [0.2, 0.25) is 10.0 Å². The van der Waals surface area contributed by atoms with Gasteiger partial charge in [0.1, 0.15) is 21.6 Å². The van der Waals surface area contributed by atoms with Crippen LogP contribution < -0.4 is 5.14 Å². The number of nitrogens with two attached hydrogens (primary N) is 1. The van der Waals surface area contributed by atoms with Crippen molar-refractivity contribution in [2.24, 2.45) is 5.14 Å². The van der Waals surface area contributed by atoms with E-state index in [1.165, 1.54) is 24.8 Å². The zero-order valence-electron chi connectivity index (χ0n) is 15.6. The van der Waals surface area contributed by atoms with Gasteiger partial charge in [0, 0.05) is 19.0 Å². The van der Waals surface area contributed by atoms with Crippen LogP contribution in [0.5, 0.6) is 0 Å². The predicted molar refractivity (Wildman–Crippen MR) is 100 cm³/mol. The number of rotatable bonds is 6. The first-order valence-corrected chi connectivity index (χ1v) is 12.3. The van der Waals surface area contributed by atoms with Crippen LogP contribution in [0, 0.1) is 0 Å². The molecule has 1 aliphatic rings. The van der Waals surface area contributed by atoms with Crippen molar-refractivity contribution in [3.8, 4) is 0 Å². The number of fused-ring (bicyclic) bond motifs is 1. The average molecular weight is 455 g/mol. The van der Waals surface area contributed by atoms with Crippen LogP contribution in [-0.2, 0) is 34.1 Å². The Morgan fingerprint density at radius 1 is 1.32 bits per heavy atom. The van der Waals surface area contributed by atoms with Crippen LogP contribution in [-0.4, -0.2) is 58.8 Å².